The number of carbonyl (C=O) groups is 1. The van der Waals surface area contributed by atoms with E-state index in [4.69, 9.17) is 4.74 Å². The van der Waals surface area contributed by atoms with E-state index < -0.39 is 0 Å². The predicted molar refractivity (Wildman–Crippen MR) is 64.0 cm³/mol. The summed E-state index contributed by atoms with van der Waals surface area (Å²) in [6, 6.07) is 0. The third-order valence-corrected chi connectivity index (χ3v) is 5.64. The summed E-state index contributed by atoms with van der Waals surface area (Å²) < 4.78 is 5.53. The van der Waals surface area contributed by atoms with Gasteiger partial charge in [0.1, 0.15) is 6.10 Å². The van der Waals surface area contributed by atoms with Gasteiger partial charge in [-0.05, 0) is 54.8 Å². The molecule has 7 atom stereocenters. The van der Waals surface area contributed by atoms with Crippen molar-refractivity contribution in [2.75, 3.05) is 0 Å². The first-order valence-electron chi connectivity index (χ1n) is 6.79. The highest BCUT2D eigenvalue weighted by Gasteiger charge is 2.61. The number of rotatable bonds is 2. The second kappa shape index (κ2) is 3.24. The van der Waals surface area contributed by atoms with Crippen LogP contribution in [0.15, 0.2) is 24.8 Å². The van der Waals surface area contributed by atoms with E-state index in [9.17, 15) is 4.79 Å². The lowest BCUT2D eigenvalue weighted by Crippen LogP contribution is -2.36. The second-order valence-electron chi connectivity index (χ2n) is 6.18. The van der Waals surface area contributed by atoms with E-state index in [0.29, 0.717) is 5.92 Å². The van der Waals surface area contributed by atoms with Gasteiger partial charge < -0.3 is 4.74 Å². The van der Waals surface area contributed by atoms with E-state index in [2.05, 4.69) is 18.7 Å². The molecule has 0 N–H and O–H groups in total. The largest absolute Gasteiger partial charge is 0.459 e. The van der Waals surface area contributed by atoms with Crippen molar-refractivity contribution in [2.45, 2.75) is 25.4 Å². The van der Waals surface area contributed by atoms with Crippen LogP contribution in [0.1, 0.15) is 19.3 Å². The number of ether oxygens (including phenoxy) is 1. The van der Waals surface area contributed by atoms with Crippen molar-refractivity contribution in [3.63, 3.8) is 0 Å². The Morgan fingerprint density at radius 2 is 1.94 bits per heavy atom. The van der Waals surface area contributed by atoms with Crippen molar-refractivity contribution in [2.24, 2.45) is 35.5 Å². The molecule has 0 aromatic heterocycles. The van der Waals surface area contributed by atoms with Crippen LogP contribution in [0, 0.1) is 35.5 Å². The summed E-state index contributed by atoms with van der Waals surface area (Å²) in [7, 11) is 0. The summed E-state index contributed by atoms with van der Waals surface area (Å²) in [6.07, 6.45) is 10.1. The third-order valence-electron chi connectivity index (χ3n) is 5.64. The molecule has 2 heteroatoms. The van der Waals surface area contributed by atoms with Gasteiger partial charge in [-0.3, -0.25) is 0 Å². The maximum absolute atomic E-state index is 11.3. The normalized spacial score (nSPS) is 52.8. The molecule has 0 aliphatic heterocycles. The van der Waals surface area contributed by atoms with Gasteiger partial charge in [0.15, 0.2) is 0 Å². The van der Waals surface area contributed by atoms with Gasteiger partial charge in [0, 0.05) is 6.08 Å². The van der Waals surface area contributed by atoms with Crippen LogP contribution in [0.3, 0.4) is 0 Å². The van der Waals surface area contributed by atoms with E-state index in [0.717, 1.165) is 36.0 Å². The van der Waals surface area contributed by atoms with Crippen LogP contribution < -0.4 is 0 Å². The number of carbonyl (C=O) groups excluding carboxylic acids is 1. The number of esters is 1. The fourth-order valence-corrected chi connectivity index (χ4v) is 5.29. The SMILES string of the molecule is C=CC(=O)OC1CC2CC1C1C3C=CC(C3)C21. The quantitative estimate of drug-likeness (QED) is 0.315. The molecule has 4 aliphatic carbocycles. The highest BCUT2D eigenvalue weighted by atomic mass is 16.5. The van der Waals surface area contributed by atoms with Gasteiger partial charge in [0.05, 0.1) is 0 Å². The molecule has 0 aromatic carbocycles. The Hall–Kier alpha value is -1.05. The smallest absolute Gasteiger partial charge is 0.330 e. The van der Waals surface area contributed by atoms with E-state index in [-0.39, 0.29) is 12.1 Å². The average Bonchev–Trinajstić information content (AvgIpc) is 3.06. The molecule has 4 aliphatic rings. The number of allylic oxidation sites excluding steroid dienone is 2. The van der Waals surface area contributed by atoms with Gasteiger partial charge >= 0.3 is 5.97 Å². The number of hydrogen-bond donors (Lipinski definition) is 0. The zero-order valence-electron chi connectivity index (χ0n) is 9.92. The average molecular weight is 230 g/mol. The van der Waals surface area contributed by atoms with E-state index in [1.165, 1.54) is 18.9 Å². The summed E-state index contributed by atoms with van der Waals surface area (Å²) in [5.41, 5.74) is 0. The molecule has 17 heavy (non-hydrogen) atoms. The number of hydrogen-bond acceptors (Lipinski definition) is 2. The topological polar surface area (TPSA) is 26.3 Å². The Bertz CT molecular complexity index is 411. The molecule has 2 nitrogen and oxygen atoms in total. The van der Waals surface area contributed by atoms with Gasteiger partial charge in [-0.15, -0.1) is 0 Å². The standard InChI is InChI=1S/C15H18O2/c1-2-13(16)17-12-7-10-6-11(12)15-9-4-3-8(5-9)14(10)15/h2-4,8-12,14-15H,1,5-7H2. The molecule has 0 spiro atoms. The third kappa shape index (κ3) is 1.19. The molecule has 7 unspecified atom stereocenters. The summed E-state index contributed by atoms with van der Waals surface area (Å²) in [4.78, 5) is 11.3. The highest BCUT2D eigenvalue weighted by molar-refractivity contribution is 5.81. The predicted octanol–water partition coefficient (Wildman–Crippen LogP) is 2.56. The molecule has 0 saturated heterocycles. The maximum Gasteiger partial charge on any atom is 0.330 e. The van der Waals surface area contributed by atoms with E-state index >= 15 is 0 Å². The van der Waals surface area contributed by atoms with Crippen LogP contribution in [0.5, 0.6) is 0 Å². The minimum absolute atomic E-state index is 0.180. The van der Waals surface area contributed by atoms with Gasteiger partial charge in [0.25, 0.3) is 0 Å². The first kappa shape index (κ1) is 9.93. The van der Waals surface area contributed by atoms with Crippen LogP contribution in [-0.4, -0.2) is 12.1 Å². The van der Waals surface area contributed by atoms with E-state index in [1.54, 1.807) is 0 Å². The Kier molecular flexibility index (Phi) is 1.89. The molecule has 0 aromatic rings. The lowest BCUT2D eigenvalue weighted by molar-refractivity contribution is -0.147. The zero-order valence-corrected chi connectivity index (χ0v) is 9.92. The number of fused-ring (bicyclic) bond motifs is 9. The molecule has 0 radical (unpaired) electrons. The lowest BCUT2D eigenvalue weighted by atomic mass is 9.72. The van der Waals surface area contributed by atoms with Gasteiger partial charge in [-0.25, -0.2) is 4.79 Å². The van der Waals surface area contributed by atoms with Crippen molar-refractivity contribution in [3.8, 4) is 0 Å². The molecular weight excluding hydrogens is 212 g/mol. The Morgan fingerprint density at radius 1 is 1.18 bits per heavy atom. The molecule has 0 heterocycles. The zero-order chi connectivity index (χ0) is 11.6. The highest BCUT2D eigenvalue weighted by Crippen LogP contribution is 2.65. The second-order valence-corrected chi connectivity index (χ2v) is 6.18. The van der Waals surface area contributed by atoms with Crippen molar-refractivity contribution < 1.29 is 9.53 Å². The van der Waals surface area contributed by atoms with Crippen LogP contribution in [-0.2, 0) is 9.53 Å². The summed E-state index contributed by atoms with van der Waals surface area (Å²) in [5, 5.41) is 0. The van der Waals surface area contributed by atoms with Crippen LogP contribution >= 0.6 is 0 Å². The Morgan fingerprint density at radius 3 is 2.71 bits per heavy atom. The van der Waals surface area contributed by atoms with Crippen molar-refractivity contribution in [1.29, 1.82) is 0 Å². The summed E-state index contributed by atoms with van der Waals surface area (Å²) >= 11 is 0. The molecule has 4 rings (SSSR count). The minimum Gasteiger partial charge on any atom is -0.459 e. The first-order chi connectivity index (χ1) is 8.28. The van der Waals surface area contributed by atoms with Crippen molar-refractivity contribution in [3.05, 3.63) is 24.8 Å². The van der Waals surface area contributed by atoms with Gasteiger partial charge in [0.2, 0.25) is 0 Å². The Labute approximate surface area is 102 Å². The lowest BCUT2D eigenvalue weighted by Gasteiger charge is -2.36. The molecule has 90 valence electrons. The Balaban J connectivity index is 1.57. The first-order valence-corrected chi connectivity index (χ1v) is 6.79. The fourth-order valence-electron chi connectivity index (χ4n) is 5.29. The molecular formula is C15H18O2. The van der Waals surface area contributed by atoms with E-state index in [1.807, 2.05) is 0 Å². The molecule has 4 bridgehead atoms. The van der Waals surface area contributed by atoms with Gasteiger partial charge in [-0.2, -0.15) is 0 Å². The van der Waals surface area contributed by atoms with Crippen LogP contribution in [0.2, 0.25) is 0 Å². The molecule has 3 fully saturated rings. The van der Waals surface area contributed by atoms with Crippen molar-refractivity contribution in [1.82, 2.24) is 0 Å². The fraction of sp³-hybridized carbons (Fsp3) is 0.667. The monoisotopic (exact) mass is 230 g/mol. The summed E-state index contributed by atoms with van der Waals surface area (Å²) in [6.45, 7) is 3.48. The minimum atomic E-state index is -0.238. The molecule has 0 amide bonds. The maximum atomic E-state index is 11.3. The molecule has 3 saturated carbocycles. The van der Waals surface area contributed by atoms with Crippen LogP contribution in [0.25, 0.3) is 0 Å². The summed E-state index contributed by atoms with van der Waals surface area (Å²) in [5.74, 6) is 4.56. The van der Waals surface area contributed by atoms with Gasteiger partial charge in [-0.1, -0.05) is 18.7 Å². The van der Waals surface area contributed by atoms with Crippen molar-refractivity contribution >= 4 is 5.97 Å². The van der Waals surface area contributed by atoms with Crippen LogP contribution in [0.4, 0.5) is 0 Å².